The second-order valence-corrected chi connectivity index (χ2v) is 8.88. The molecule has 3 N–H and O–H groups in total. The third-order valence-electron chi connectivity index (χ3n) is 5.83. The first-order valence-corrected chi connectivity index (χ1v) is 12.6. The number of ether oxygens (including phenoxy) is 3. The molecule has 39 heavy (non-hydrogen) atoms. The van der Waals surface area contributed by atoms with Crippen molar-refractivity contribution in [1.82, 2.24) is 25.7 Å². The summed E-state index contributed by atoms with van der Waals surface area (Å²) in [6, 6.07) is 10.5. The van der Waals surface area contributed by atoms with Gasteiger partial charge in [0.15, 0.2) is 0 Å². The molecule has 0 fully saturated rings. The molecule has 0 aliphatic carbocycles. The number of methoxy groups -OCH3 is 1. The monoisotopic (exact) mass is 544 g/mol. The zero-order valence-electron chi connectivity index (χ0n) is 21.6. The topological polar surface area (TPSA) is 106 Å². The number of nitrogens with zero attached hydrogens (tertiary/aromatic N) is 3. The number of rotatable bonds is 15. The van der Waals surface area contributed by atoms with Gasteiger partial charge in [-0.25, -0.2) is 0 Å². The number of unbranched alkanes of at least 4 members (excludes halogenated alkanes) is 1. The quantitative estimate of drug-likeness (QED) is 0.178. The Hall–Kier alpha value is -3.74. The highest BCUT2D eigenvalue weighted by atomic mass is 19.4. The van der Waals surface area contributed by atoms with E-state index >= 15 is 0 Å². The van der Waals surface area contributed by atoms with Crippen LogP contribution in [0.15, 0.2) is 55.0 Å². The molecule has 4 rings (SSSR count). The van der Waals surface area contributed by atoms with E-state index in [-0.39, 0.29) is 12.4 Å². The van der Waals surface area contributed by atoms with Gasteiger partial charge >= 0.3 is 6.36 Å². The zero-order valence-corrected chi connectivity index (χ0v) is 21.6. The Labute approximate surface area is 224 Å². The number of aromatic nitrogens is 4. The Morgan fingerprint density at radius 1 is 0.923 bits per heavy atom. The van der Waals surface area contributed by atoms with E-state index in [0.717, 1.165) is 40.6 Å². The van der Waals surface area contributed by atoms with Crippen molar-refractivity contribution in [3.8, 4) is 16.9 Å². The van der Waals surface area contributed by atoms with Crippen molar-refractivity contribution in [3.63, 3.8) is 0 Å². The van der Waals surface area contributed by atoms with E-state index in [0.29, 0.717) is 44.0 Å². The molecule has 0 amide bonds. The average Bonchev–Trinajstić information content (AvgIpc) is 3.38. The van der Waals surface area contributed by atoms with Crippen LogP contribution in [0.2, 0.25) is 0 Å². The van der Waals surface area contributed by atoms with Gasteiger partial charge in [0.1, 0.15) is 5.75 Å². The molecule has 2 aromatic carbocycles. The minimum absolute atomic E-state index is 0.203. The van der Waals surface area contributed by atoms with Crippen molar-refractivity contribution >= 4 is 16.6 Å². The summed E-state index contributed by atoms with van der Waals surface area (Å²) in [5, 5.41) is 22.6. The zero-order chi connectivity index (χ0) is 27.5. The summed E-state index contributed by atoms with van der Waals surface area (Å²) in [6.45, 7) is 3.13. The summed E-state index contributed by atoms with van der Waals surface area (Å²) >= 11 is 0. The molecule has 0 atom stereocenters. The van der Waals surface area contributed by atoms with Crippen LogP contribution in [-0.4, -0.2) is 60.2 Å². The Kier molecular flexibility index (Phi) is 10.1. The van der Waals surface area contributed by atoms with Crippen LogP contribution in [0.25, 0.3) is 22.0 Å². The fourth-order valence-electron chi connectivity index (χ4n) is 4.15. The number of fused-ring (bicyclic) bond motifs is 1. The molecule has 0 saturated carbocycles. The molecule has 0 aliphatic heterocycles. The Balaban J connectivity index is 1.14. The first-order chi connectivity index (χ1) is 18.9. The van der Waals surface area contributed by atoms with Crippen molar-refractivity contribution in [2.24, 2.45) is 0 Å². The fraction of sp³-hybridized carbons (Fsp3) is 0.370. The maximum atomic E-state index is 12.6. The van der Waals surface area contributed by atoms with Crippen LogP contribution in [0.4, 0.5) is 18.9 Å². The highest BCUT2D eigenvalue weighted by Gasteiger charge is 2.31. The van der Waals surface area contributed by atoms with E-state index in [2.05, 4.69) is 41.8 Å². The summed E-state index contributed by atoms with van der Waals surface area (Å²) in [5.41, 5.74) is 5.17. The van der Waals surface area contributed by atoms with Gasteiger partial charge in [-0.2, -0.15) is 15.3 Å². The van der Waals surface area contributed by atoms with Gasteiger partial charge in [0.2, 0.25) is 0 Å². The SMILES string of the molecule is COCc1cc(CNCCCCOCCNc2cc(-c3ccnnc3)cc3[nH]ncc23)cc(OC(F)(F)F)c1. The Morgan fingerprint density at radius 2 is 1.79 bits per heavy atom. The van der Waals surface area contributed by atoms with Gasteiger partial charge in [-0.3, -0.25) is 5.10 Å². The normalized spacial score (nSPS) is 11.7. The Bertz CT molecular complexity index is 1320. The van der Waals surface area contributed by atoms with Crippen LogP contribution in [0.3, 0.4) is 0 Å². The summed E-state index contributed by atoms with van der Waals surface area (Å²) < 4.78 is 52.7. The molecule has 0 bridgehead atoms. The first-order valence-electron chi connectivity index (χ1n) is 12.6. The fourth-order valence-corrected chi connectivity index (χ4v) is 4.15. The number of nitrogens with one attached hydrogen (secondary N) is 3. The van der Waals surface area contributed by atoms with Crippen LogP contribution in [0.5, 0.6) is 5.75 Å². The molecule has 0 aliphatic rings. The second kappa shape index (κ2) is 13.9. The highest BCUT2D eigenvalue weighted by Crippen LogP contribution is 2.29. The summed E-state index contributed by atoms with van der Waals surface area (Å²) in [7, 11) is 1.49. The van der Waals surface area contributed by atoms with Crippen LogP contribution in [0, 0.1) is 0 Å². The van der Waals surface area contributed by atoms with E-state index in [1.807, 2.05) is 12.1 Å². The smallest absolute Gasteiger partial charge is 0.406 e. The van der Waals surface area contributed by atoms with Crippen LogP contribution >= 0.6 is 0 Å². The summed E-state index contributed by atoms with van der Waals surface area (Å²) in [4.78, 5) is 0. The molecular weight excluding hydrogens is 513 g/mol. The molecule has 0 radical (unpaired) electrons. The van der Waals surface area contributed by atoms with Gasteiger partial charge in [-0.05, 0) is 66.4 Å². The maximum absolute atomic E-state index is 12.6. The lowest BCUT2D eigenvalue weighted by molar-refractivity contribution is -0.274. The van der Waals surface area contributed by atoms with Crippen LogP contribution < -0.4 is 15.4 Å². The molecule has 9 nitrogen and oxygen atoms in total. The van der Waals surface area contributed by atoms with Crippen molar-refractivity contribution in [2.75, 3.05) is 38.7 Å². The van der Waals surface area contributed by atoms with E-state index < -0.39 is 6.36 Å². The highest BCUT2D eigenvalue weighted by molar-refractivity contribution is 5.95. The Morgan fingerprint density at radius 3 is 2.59 bits per heavy atom. The number of aromatic amines is 1. The number of hydrogen-bond donors (Lipinski definition) is 3. The van der Waals surface area contributed by atoms with Crippen molar-refractivity contribution in [1.29, 1.82) is 0 Å². The number of hydrogen-bond acceptors (Lipinski definition) is 8. The molecule has 0 saturated heterocycles. The molecule has 2 heterocycles. The van der Waals surface area contributed by atoms with Crippen molar-refractivity contribution in [3.05, 3.63) is 66.1 Å². The predicted molar refractivity (Wildman–Crippen MR) is 141 cm³/mol. The molecule has 208 valence electrons. The van der Waals surface area contributed by atoms with Gasteiger partial charge in [-0.1, -0.05) is 6.07 Å². The van der Waals surface area contributed by atoms with E-state index in [1.165, 1.54) is 19.2 Å². The van der Waals surface area contributed by atoms with Crippen molar-refractivity contribution < 1.29 is 27.4 Å². The molecule has 0 spiro atoms. The van der Waals surface area contributed by atoms with Gasteiger partial charge < -0.3 is 24.8 Å². The lowest BCUT2D eigenvalue weighted by Gasteiger charge is -2.13. The number of anilines is 1. The minimum atomic E-state index is -4.74. The molecular formula is C27H31F3N6O3. The van der Waals surface area contributed by atoms with Gasteiger partial charge in [0.05, 0.1) is 37.3 Å². The maximum Gasteiger partial charge on any atom is 0.573 e. The standard InChI is InChI=1S/C27H31F3N6O3/c1-37-18-20-10-19(11-23(12-20)39-27(28,29)30)15-31-5-2-3-8-38-9-7-32-25-13-22(21-4-6-33-34-16-21)14-26-24(25)17-35-36-26/h4,6,10-14,16-17,31-32H,2-3,5,7-9,15,18H2,1H3,(H,35,36). The van der Waals surface area contributed by atoms with Crippen LogP contribution in [-0.2, 0) is 22.6 Å². The predicted octanol–water partition coefficient (Wildman–Crippen LogP) is 5.06. The van der Waals surface area contributed by atoms with E-state index in [9.17, 15) is 13.2 Å². The first kappa shape index (κ1) is 28.3. The lowest BCUT2D eigenvalue weighted by atomic mass is 10.1. The largest absolute Gasteiger partial charge is 0.573 e. The van der Waals surface area contributed by atoms with Gasteiger partial charge in [0.25, 0.3) is 0 Å². The average molecular weight is 545 g/mol. The molecule has 4 aromatic rings. The number of benzene rings is 2. The third-order valence-corrected chi connectivity index (χ3v) is 5.83. The van der Waals surface area contributed by atoms with E-state index in [4.69, 9.17) is 9.47 Å². The lowest BCUT2D eigenvalue weighted by Crippen LogP contribution is -2.18. The number of H-pyrrole nitrogens is 1. The number of halogens is 3. The minimum Gasteiger partial charge on any atom is -0.406 e. The number of alkyl halides is 3. The van der Waals surface area contributed by atoms with Crippen molar-refractivity contribution in [2.45, 2.75) is 32.4 Å². The third kappa shape index (κ3) is 8.91. The molecule has 2 aromatic heterocycles. The summed E-state index contributed by atoms with van der Waals surface area (Å²) in [5.74, 6) is -0.245. The van der Waals surface area contributed by atoms with Gasteiger partial charge in [0, 0.05) is 43.4 Å². The summed E-state index contributed by atoms with van der Waals surface area (Å²) in [6.07, 6.45) is 2.16. The molecule has 0 unspecified atom stereocenters. The van der Waals surface area contributed by atoms with Gasteiger partial charge in [-0.15, -0.1) is 13.2 Å². The second-order valence-electron chi connectivity index (χ2n) is 8.88. The molecule has 12 heteroatoms. The van der Waals surface area contributed by atoms with Crippen LogP contribution in [0.1, 0.15) is 24.0 Å². The van der Waals surface area contributed by atoms with E-state index in [1.54, 1.807) is 24.7 Å².